The van der Waals surface area contributed by atoms with E-state index in [1.807, 2.05) is 30.3 Å². The smallest absolute Gasteiger partial charge is 0.162 e. The molecule has 0 fully saturated rings. The Morgan fingerprint density at radius 3 is 1.72 bits per heavy atom. The molecule has 0 amide bonds. The molecule has 0 N–H and O–H groups in total. The quantitative estimate of drug-likeness (QED) is 0.353. The van der Waals surface area contributed by atoms with Crippen LogP contribution in [0.15, 0.2) is 103 Å². The Kier molecular flexibility index (Phi) is 3.47. The lowest BCUT2D eigenvalue weighted by Crippen LogP contribution is -2.02. The van der Waals surface area contributed by atoms with Crippen molar-refractivity contribution in [1.82, 2.24) is 14.5 Å². The molecule has 6 aromatic rings. The minimum atomic E-state index is 0.737. The molecule has 0 radical (unpaired) electrons. The summed E-state index contributed by atoms with van der Waals surface area (Å²) in [6, 6.07) is 35.4. The van der Waals surface area contributed by atoms with Gasteiger partial charge in [-0.3, -0.25) is 4.57 Å². The molecule has 0 aliphatic heterocycles. The SMILES string of the molecule is c1ccc(-c2nc(-n3c4ccccc4c4ccccc43)c3ccccc3n2)cc1. The van der Waals surface area contributed by atoms with E-state index in [4.69, 9.17) is 9.97 Å². The summed E-state index contributed by atoms with van der Waals surface area (Å²) in [5.74, 6) is 1.65. The van der Waals surface area contributed by atoms with Gasteiger partial charge in [0.25, 0.3) is 0 Å². The molecule has 3 heteroatoms. The number of fused-ring (bicyclic) bond motifs is 4. The van der Waals surface area contributed by atoms with Gasteiger partial charge in [0.1, 0.15) is 5.82 Å². The highest BCUT2D eigenvalue weighted by Crippen LogP contribution is 2.34. The third-order valence-electron chi connectivity index (χ3n) is 5.41. The number of rotatable bonds is 2. The lowest BCUT2D eigenvalue weighted by atomic mass is 10.2. The maximum Gasteiger partial charge on any atom is 0.162 e. The van der Waals surface area contributed by atoms with Crippen molar-refractivity contribution in [3.05, 3.63) is 103 Å². The van der Waals surface area contributed by atoms with E-state index in [9.17, 15) is 0 Å². The van der Waals surface area contributed by atoms with Crippen LogP contribution in [-0.4, -0.2) is 14.5 Å². The van der Waals surface area contributed by atoms with Gasteiger partial charge in [0.15, 0.2) is 5.82 Å². The predicted octanol–water partition coefficient (Wildman–Crippen LogP) is 6.39. The van der Waals surface area contributed by atoms with Crippen LogP contribution in [0.1, 0.15) is 0 Å². The zero-order valence-electron chi connectivity index (χ0n) is 15.7. The van der Waals surface area contributed by atoms with E-state index in [1.54, 1.807) is 0 Å². The molecule has 0 spiro atoms. The number of hydrogen-bond acceptors (Lipinski definition) is 2. The molecule has 0 saturated heterocycles. The molecular weight excluding hydrogens is 354 g/mol. The maximum atomic E-state index is 5.07. The fourth-order valence-corrected chi connectivity index (χ4v) is 4.10. The summed E-state index contributed by atoms with van der Waals surface area (Å²) in [6.07, 6.45) is 0. The number of aromatic nitrogens is 3. The monoisotopic (exact) mass is 371 g/mol. The van der Waals surface area contributed by atoms with Gasteiger partial charge in [-0.05, 0) is 24.3 Å². The van der Waals surface area contributed by atoms with Gasteiger partial charge in [-0.2, -0.15) is 0 Å². The Morgan fingerprint density at radius 1 is 0.483 bits per heavy atom. The molecule has 29 heavy (non-hydrogen) atoms. The Bertz CT molecular complexity index is 1440. The van der Waals surface area contributed by atoms with Gasteiger partial charge >= 0.3 is 0 Å². The van der Waals surface area contributed by atoms with Crippen molar-refractivity contribution in [3.8, 4) is 17.2 Å². The first-order valence-corrected chi connectivity index (χ1v) is 9.71. The van der Waals surface area contributed by atoms with Crippen molar-refractivity contribution in [3.63, 3.8) is 0 Å². The number of nitrogens with zero attached hydrogens (tertiary/aromatic N) is 3. The van der Waals surface area contributed by atoms with E-state index in [0.29, 0.717) is 0 Å². The van der Waals surface area contributed by atoms with Gasteiger partial charge in [0.2, 0.25) is 0 Å². The second-order valence-corrected chi connectivity index (χ2v) is 7.12. The van der Waals surface area contributed by atoms with Crippen molar-refractivity contribution in [2.75, 3.05) is 0 Å². The Hall–Kier alpha value is -3.98. The molecule has 2 aromatic heterocycles. The Labute approximate surface area is 167 Å². The molecule has 4 aromatic carbocycles. The van der Waals surface area contributed by atoms with Crippen LogP contribution in [0.2, 0.25) is 0 Å². The molecule has 0 unspecified atom stereocenters. The van der Waals surface area contributed by atoms with E-state index in [1.165, 1.54) is 10.8 Å². The van der Waals surface area contributed by atoms with E-state index in [2.05, 4.69) is 77.4 Å². The molecular formula is C26H17N3. The largest absolute Gasteiger partial charge is 0.293 e. The third kappa shape index (κ3) is 2.44. The van der Waals surface area contributed by atoms with Crippen LogP contribution in [0, 0.1) is 0 Å². The third-order valence-corrected chi connectivity index (χ3v) is 5.41. The molecule has 6 rings (SSSR count). The first-order chi connectivity index (χ1) is 14.4. The Morgan fingerprint density at radius 2 is 1.03 bits per heavy atom. The highest BCUT2D eigenvalue weighted by molar-refractivity contribution is 6.10. The maximum absolute atomic E-state index is 5.07. The summed E-state index contributed by atoms with van der Waals surface area (Å²) in [5, 5.41) is 3.50. The predicted molar refractivity (Wildman–Crippen MR) is 119 cm³/mol. The van der Waals surface area contributed by atoms with Crippen LogP contribution in [0.25, 0.3) is 49.9 Å². The van der Waals surface area contributed by atoms with Crippen LogP contribution in [-0.2, 0) is 0 Å². The van der Waals surface area contributed by atoms with Crippen LogP contribution in [0.5, 0.6) is 0 Å². The summed E-state index contributed by atoms with van der Waals surface area (Å²) in [5.41, 5.74) is 4.26. The molecule has 0 aliphatic carbocycles. The van der Waals surface area contributed by atoms with Crippen molar-refractivity contribution < 1.29 is 0 Å². The lowest BCUT2D eigenvalue weighted by Gasteiger charge is -2.12. The summed E-state index contributed by atoms with van der Waals surface area (Å²) in [6.45, 7) is 0. The zero-order chi connectivity index (χ0) is 19.2. The van der Waals surface area contributed by atoms with Crippen molar-refractivity contribution >= 4 is 32.7 Å². The Balaban J connectivity index is 1.78. The molecule has 0 atom stereocenters. The fraction of sp³-hybridized carbons (Fsp3) is 0. The van der Waals surface area contributed by atoms with Gasteiger partial charge in [0, 0.05) is 21.7 Å². The first kappa shape index (κ1) is 16.0. The molecule has 3 nitrogen and oxygen atoms in total. The normalized spacial score (nSPS) is 11.4. The van der Waals surface area contributed by atoms with Crippen LogP contribution in [0.3, 0.4) is 0 Å². The minimum absolute atomic E-state index is 0.737. The average molecular weight is 371 g/mol. The highest BCUT2D eigenvalue weighted by atomic mass is 15.1. The molecule has 0 saturated carbocycles. The van der Waals surface area contributed by atoms with Crippen molar-refractivity contribution in [2.24, 2.45) is 0 Å². The van der Waals surface area contributed by atoms with Gasteiger partial charge in [-0.1, -0.05) is 78.9 Å². The molecule has 136 valence electrons. The van der Waals surface area contributed by atoms with Crippen LogP contribution in [0.4, 0.5) is 0 Å². The summed E-state index contributed by atoms with van der Waals surface area (Å²) >= 11 is 0. The average Bonchev–Trinajstić information content (AvgIpc) is 3.13. The summed E-state index contributed by atoms with van der Waals surface area (Å²) < 4.78 is 2.26. The van der Waals surface area contributed by atoms with E-state index in [0.717, 1.165) is 39.1 Å². The topological polar surface area (TPSA) is 30.7 Å². The second-order valence-electron chi connectivity index (χ2n) is 7.12. The number of benzene rings is 4. The lowest BCUT2D eigenvalue weighted by molar-refractivity contribution is 1.08. The minimum Gasteiger partial charge on any atom is -0.293 e. The van der Waals surface area contributed by atoms with Crippen molar-refractivity contribution in [2.45, 2.75) is 0 Å². The fourth-order valence-electron chi connectivity index (χ4n) is 4.10. The highest BCUT2D eigenvalue weighted by Gasteiger charge is 2.16. The summed E-state index contributed by atoms with van der Waals surface area (Å²) in [4.78, 5) is 9.92. The van der Waals surface area contributed by atoms with Crippen LogP contribution < -0.4 is 0 Å². The van der Waals surface area contributed by atoms with E-state index >= 15 is 0 Å². The number of hydrogen-bond donors (Lipinski definition) is 0. The van der Waals surface area contributed by atoms with E-state index in [-0.39, 0.29) is 0 Å². The van der Waals surface area contributed by atoms with Gasteiger partial charge in [-0.15, -0.1) is 0 Å². The molecule has 0 aliphatic rings. The van der Waals surface area contributed by atoms with Gasteiger partial charge in [-0.25, -0.2) is 9.97 Å². The molecule has 2 heterocycles. The second kappa shape index (κ2) is 6.28. The van der Waals surface area contributed by atoms with Gasteiger partial charge < -0.3 is 0 Å². The molecule has 0 bridgehead atoms. The van der Waals surface area contributed by atoms with E-state index < -0.39 is 0 Å². The number of para-hydroxylation sites is 3. The first-order valence-electron chi connectivity index (χ1n) is 9.71. The summed E-state index contributed by atoms with van der Waals surface area (Å²) in [7, 11) is 0. The zero-order valence-corrected chi connectivity index (χ0v) is 15.7. The van der Waals surface area contributed by atoms with Crippen molar-refractivity contribution in [1.29, 1.82) is 0 Å². The van der Waals surface area contributed by atoms with Gasteiger partial charge in [0.05, 0.1) is 16.6 Å². The van der Waals surface area contributed by atoms with Crippen LogP contribution >= 0.6 is 0 Å². The standard InChI is InChI=1S/C26H17N3/c1-2-10-18(11-3-1)25-27-22-15-7-4-14-21(22)26(28-25)29-23-16-8-5-12-19(23)20-13-6-9-17-24(20)29/h1-17H.